The minimum atomic E-state index is 0.656. The molecular formula is C15H21Br. The fourth-order valence-corrected chi connectivity index (χ4v) is 2.59. The first-order valence-electron chi connectivity index (χ1n) is 6.19. The fraction of sp³-hybridized carbons (Fsp3) is 0.467. The summed E-state index contributed by atoms with van der Waals surface area (Å²) in [5, 5.41) is 0. The van der Waals surface area contributed by atoms with Crippen LogP contribution in [0.1, 0.15) is 51.0 Å². The zero-order valence-corrected chi connectivity index (χ0v) is 11.8. The van der Waals surface area contributed by atoms with Crippen LogP contribution in [-0.4, -0.2) is 0 Å². The van der Waals surface area contributed by atoms with Gasteiger partial charge in [0.25, 0.3) is 0 Å². The summed E-state index contributed by atoms with van der Waals surface area (Å²) in [6, 6.07) is 8.59. The minimum absolute atomic E-state index is 0.656. The Balaban J connectivity index is 2.76. The van der Waals surface area contributed by atoms with Crippen molar-refractivity contribution >= 4 is 15.9 Å². The highest BCUT2D eigenvalue weighted by molar-refractivity contribution is 9.10. The summed E-state index contributed by atoms with van der Waals surface area (Å²) in [5.41, 5.74) is 1.45. The molecule has 0 aliphatic carbocycles. The van der Waals surface area contributed by atoms with E-state index in [2.05, 4.69) is 66.2 Å². The van der Waals surface area contributed by atoms with Gasteiger partial charge in [-0.1, -0.05) is 66.5 Å². The molecule has 0 radical (unpaired) electrons. The topological polar surface area (TPSA) is 0 Å². The first kappa shape index (κ1) is 13.5. The highest BCUT2D eigenvalue weighted by Crippen LogP contribution is 2.31. The van der Waals surface area contributed by atoms with Gasteiger partial charge < -0.3 is 0 Å². The Morgan fingerprint density at radius 2 is 1.94 bits per heavy atom. The van der Waals surface area contributed by atoms with Gasteiger partial charge in [0.2, 0.25) is 0 Å². The maximum Gasteiger partial charge on any atom is 0.0210 e. The summed E-state index contributed by atoms with van der Waals surface area (Å²) in [4.78, 5) is 0. The Bertz CT molecular complexity index is 328. The van der Waals surface area contributed by atoms with Crippen molar-refractivity contribution < 1.29 is 0 Å². The van der Waals surface area contributed by atoms with Gasteiger partial charge >= 0.3 is 0 Å². The van der Waals surface area contributed by atoms with E-state index in [0.717, 1.165) is 12.8 Å². The second-order valence-corrected chi connectivity index (χ2v) is 4.98. The molecule has 88 valence electrons. The van der Waals surface area contributed by atoms with Crippen molar-refractivity contribution in [2.75, 3.05) is 0 Å². The lowest BCUT2D eigenvalue weighted by Crippen LogP contribution is -1.98. The average Bonchev–Trinajstić information content (AvgIpc) is 2.29. The van der Waals surface area contributed by atoms with Crippen molar-refractivity contribution in [3.8, 4) is 0 Å². The van der Waals surface area contributed by atoms with E-state index in [-0.39, 0.29) is 0 Å². The number of halogens is 1. The van der Waals surface area contributed by atoms with Crippen molar-refractivity contribution in [3.05, 3.63) is 46.5 Å². The van der Waals surface area contributed by atoms with Gasteiger partial charge in [-0.05, 0) is 36.8 Å². The highest BCUT2D eigenvalue weighted by Gasteiger charge is 2.11. The molecule has 16 heavy (non-hydrogen) atoms. The molecule has 1 heteroatoms. The van der Waals surface area contributed by atoms with Crippen molar-refractivity contribution in [1.82, 2.24) is 0 Å². The Hall–Kier alpha value is -0.560. The second-order valence-electron chi connectivity index (χ2n) is 4.12. The molecule has 1 atom stereocenters. The van der Waals surface area contributed by atoms with E-state index in [0.29, 0.717) is 5.92 Å². The number of hydrogen-bond acceptors (Lipinski definition) is 0. The molecule has 0 aliphatic heterocycles. The molecule has 0 aliphatic rings. The molecule has 0 nitrogen and oxygen atoms in total. The van der Waals surface area contributed by atoms with Crippen molar-refractivity contribution in [2.45, 2.75) is 45.4 Å². The molecule has 0 saturated heterocycles. The van der Waals surface area contributed by atoms with Gasteiger partial charge in [0, 0.05) is 4.47 Å². The lowest BCUT2D eigenvalue weighted by Gasteiger charge is -2.16. The van der Waals surface area contributed by atoms with Gasteiger partial charge in [-0.25, -0.2) is 0 Å². The van der Waals surface area contributed by atoms with Crippen LogP contribution in [0.15, 0.2) is 40.9 Å². The second kappa shape index (κ2) is 7.67. The molecule has 0 aromatic heterocycles. The molecule has 1 rings (SSSR count). The predicted molar refractivity (Wildman–Crippen MR) is 75.8 cm³/mol. The predicted octanol–water partition coefficient (Wildman–Crippen LogP) is 5.69. The van der Waals surface area contributed by atoms with E-state index < -0.39 is 0 Å². The quantitative estimate of drug-likeness (QED) is 0.588. The Morgan fingerprint density at radius 3 is 2.56 bits per heavy atom. The summed E-state index contributed by atoms with van der Waals surface area (Å²) in [6.45, 7) is 4.44. The molecule has 0 heterocycles. The number of benzene rings is 1. The molecule has 0 spiro atoms. The fourth-order valence-electron chi connectivity index (χ4n) is 1.98. The van der Waals surface area contributed by atoms with Crippen molar-refractivity contribution in [2.24, 2.45) is 0 Å². The normalized spacial score (nSPS) is 13.2. The lowest BCUT2D eigenvalue weighted by atomic mass is 9.91. The SMILES string of the molecule is CC/C=C\CC(CCC)c1ccccc1Br. The van der Waals surface area contributed by atoms with Gasteiger partial charge in [-0.2, -0.15) is 0 Å². The van der Waals surface area contributed by atoms with Gasteiger partial charge in [0.05, 0.1) is 0 Å². The number of allylic oxidation sites excluding steroid dienone is 2. The molecule has 1 aromatic carbocycles. The van der Waals surface area contributed by atoms with E-state index in [1.807, 2.05) is 0 Å². The van der Waals surface area contributed by atoms with Crippen LogP contribution in [0.5, 0.6) is 0 Å². The van der Waals surface area contributed by atoms with E-state index in [9.17, 15) is 0 Å². The standard InChI is InChI=1S/C15H21Br/c1-3-5-6-10-13(9-4-2)14-11-7-8-12-15(14)16/h5-8,11-13H,3-4,9-10H2,1-2H3/b6-5-. The molecule has 0 amide bonds. The Morgan fingerprint density at radius 1 is 1.19 bits per heavy atom. The average molecular weight is 281 g/mol. The third kappa shape index (κ3) is 4.13. The summed E-state index contributed by atoms with van der Waals surface area (Å²) in [7, 11) is 0. The first-order valence-corrected chi connectivity index (χ1v) is 6.98. The van der Waals surface area contributed by atoms with Gasteiger partial charge in [0.1, 0.15) is 0 Å². The van der Waals surface area contributed by atoms with E-state index in [4.69, 9.17) is 0 Å². The summed E-state index contributed by atoms with van der Waals surface area (Å²) in [5.74, 6) is 0.656. The molecule has 0 fully saturated rings. The number of rotatable bonds is 6. The molecular weight excluding hydrogens is 260 g/mol. The number of hydrogen-bond donors (Lipinski definition) is 0. The van der Waals surface area contributed by atoms with Gasteiger partial charge in [0.15, 0.2) is 0 Å². The smallest absolute Gasteiger partial charge is 0.0210 e. The van der Waals surface area contributed by atoms with Crippen LogP contribution < -0.4 is 0 Å². The lowest BCUT2D eigenvalue weighted by molar-refractivity contribution is 0.618. The summed E-state index contributed by atoms with van der Waals surface area (Å²) >= 11 is 3.65. The van der Waals surface area contributed by atoms with Crippen LogP contribution >= 0.6 is 15.9 Å². The van der Waals surface area contributed by atoms with Gasteiger partial charge in [-0.3, -0.25) is 0 Å². The van der Waals surface area contributed by atoms with E-state index in [1.54, 1.807) is 0 Å². The summed E-state index contributed by atoms with van der Waals surface area (Å²) < 4.78 is 1.25. The minimum Gasteiger partial charge on any atom is -0.0888 e. The molecule has 0 N–H and O–H groups in total. The van der Waals surface area contributed by atoms with Crippen LogP contribution in [0.2, 0.25) is 0 Å². The van der Waals surface area contributed by atoms with Crippen molar-refractivity contribution in [3.63, 3.8) is 0 Å². The van der Waals surface area contributed by atoms with E-state index in [1.165, 1.54) is 22.9 Å². The zero-order valence-electron chi connectivity index (χ0n) is 10.2. The van der Waals surface area contributed by atoms with E-state index >= 15 is 0 Å². The third-order valence-electron chi connectivity index (χ3n) is 2.81. The summed E-state index contributed by atoms with van der Waals surface area (Å²) in [6.07, 6.45) is 9.38. The van der Waals surface area contributed by atoms with Crippen LogP contribution in [-0.2, 0) is 0 Å². The van der Waals surface area contributed by atoms with Crippen LogP contribution in [0, 0.1) is 0 Å². The van der Waals surface area contributed by atoms with Crippen LogP contribution in [0.3, 0.4) is 0 Å². The molecule has 1 aromatic rings. The van der Waals surface area contributed by atoms with Crippen LogP contribution in [0.25, 0.3) is 0 Å². The first-order chi connectivity index (χ1) is 7.79. The molecule has 0 saturated carbocycles. The maximum atomic E-state index is 3.65. The molecule has 0 bridgehead atoms. The molecule has 1 unspecified atom stereocenters. The third-order valence-corrected chi connectivity index (χ3v) is 3.53. The zero-order chi connectivity index (χ0) is 11.8. The monoisotopic (exact) mass is 280 g/mol. The largest absolute Gasteiger partial charge is 0.0888 e. The maximum absolute atomic E-state index is 3.65. The Labute approximate surface area is 108 Å². The van der Waals surface area contributed by atoms with Crippen molar-refractivity contribution in [1.29, 1.82) is 0 Å². The highest BCUT2D eigenvalue weighted by atomic mass is 79.9. The van der Waals surface area contributed by atoms with Gasteiger partial charge in [-0.15, -0.1) is 0 Å². The Kier molecular flexibility index (Phi) is 6.47. The van der Waals surface area contributed by atoms with Crippen LogP contribution in [0.4, 0.5) is 0 Å².